The van der Waals surface area contributed by atoms with Crippen molar-refractivity contribution in [1.82, 2.24) is 15.6 Å². The summed E-state index contributed by atoms with van der Waals surface area (Å²) < 4.78 is 25.8. The number of amides is 2. The number of halogens is 2. The molecule has 0 saturated heterocycles. The Labute approximate surface area is 173 Å². The van der Waals surface area contributed by atoms with Crippen LogP contribution in [-0.2, 0) is 12.8 Å². The standard InChI is InChI=1S/C23H21F2N3O2/c24-19-5-1-16(2-6-19)9-12-27-22(29)18-11-14-26-21(15-18)23(30)28-13-10-17-3-7-20(25)8-4-17/h1-8,11,14-15H,9-10,12-13H2,(H,27,29)(H,28,30). The van der Waals surface area contributed by atoms with E-state index in [1.54, 1.807) is 24.3 Å². The largest absolute Gasteiger partial charge is 0.352 e. The van der Waals surface area contributed by atoms with Crippen molar-refractivity contribution in [2.75, 3.05) is 13.1 Å². The Kier molecular flexibility index (Phi) is 7.21. The molecular formula is C23H21F2N3O2. The van der Waals surface area contributed by atoms with Gasteiger partial charge in [0.15, 0.2) is 0 Å². The monoisotopic (exact) mass is 409 g/mol. The summed E-state index contributed by atoms with van der Waals surface area (Å²) >= 11 is 0. The van der Waals surface area contributed by atoms with E-state index >= 15 is 0 Å². The molecule has 0 unspecified atom stereocenters. The highest BCUT2D eigenvalue weighted by molar-refractivity contribution is 5.98. The highest BCUT2D eigenvalue weighted by Crippen LogP contribution is 2.06. The predicted molar refractivity (Wildman–Crippen MR) is 109 cm³/mol. The minimum absolute atomic E-state index is 0.139. The Balaban J connectivity index is 1.48. The first-order chi connectivity index (χ1) is 14.5. The van der Waals surface area contributed by atoms with Gasteiger partial charge < -0.3 is 10.6 Å². The number of nitrogens with zero attached hydrogens (tertiary/aromatic N) is 1. The van der Waals surface area contributed by atoms with E-state index in [1.807, 2.05) is 0 Å². The highest BCUT2D eigenvalue weighted by atomic mass is 19.1. The van der Waals surface area contributed by atoms with E-state index in [4.69, 9.17) is 0 Å². The van der Waals surface area contributed by atoms with Gasteiger partial charge in [0, 0.05) is 24.8 Å². The lowest BCUT2D eigenvalue weighted by Gasteiger charge is -2.08. The second-order valence-corrected chi connectivity index (χ2v) is 6.69. The maximum atomic E-state index is 12.9. The number of nitrogens with one attached hydrogen (secondary N) is 2. The van der Waals surface area contributed by atoms with Crippen molar-refractivity contribution in [3.8, 4) is 0 Å². The second kappa shape index (κ2) is 10.2. The van der Waals surface area contributed by atoms with Gasteiger partial charge in [0.25, 0.3) is 11.8 Å². The van der Waals surface area contributed by atoms with E-state index in [9.17, 15) is 18.4 Å². The molecule has 0 saturated carbocycles. The predicted octanol–water partition coefficient (Wildman–Crippen LogP) is 3.30. The van der Waals surface area contributed by atoms with Gasteiger partial charge in [-0.15, -0.1) is 0 Å². The van der Waals surface area contributed by atoms with Gasteiger partial charge in [-0.05, 0) is 60.4 Å². The molecule has 2 aromatic carbocycles. The molecule has 2 N–H and O–H groups in total. The van der Waals surface area contributed by atoms with E-state index in [0.717, 1.165) is 11.1 Å². The van der Waals surface area contributed by atoms with E-state index in [-0.39, 0.29) is 23.2 Å². The number of rotatable bonds is 8. The van der Waals surface area contributed by atoms with E-state index in [2.05, 4.69) is 15.6 Å². The second-order valence-electron chi connectivity index (χ2n) is 6.69. The number of hydrogen-bond donors (Lipinski definition) is 2. The normalized spacial score (nSPS) is 10.5. The molecular weight excluding hydrogens is 388 g/mol. The van der Waals surface area contributed by atoms with Crippen LogP contribution in [0, 0.1) is 11.6 Å². The molecule has 0 spiro atoms. The molecule has 0 aliphatic rings. The summed E-state index contributed by atoms with van der Waals surface area (Å²) in [4.78, 5) is 28.6. The van der Waals surface area contributed by atoms with Crippen molar-refractivity contribution in [3.05, 3.63) is 101 Å². The lowest BCUT2D eigenvalue weighted by molar-refractivity contribution is 0.0949. The van der Waals surface area contributed by atoms with Crippen molar-refractivity contribution in [1.29, 1.82) is 0 Å². The van der Waals surface area contributed by atoms with Gasteiger partial charge in [-0.25, -0.2) is 8.78 Å². The quantitative estimate of drug-likeness (QED) is 0.600. The van der Waals surface area contributed by atoms with Gasteiger partial charge in [-0.1, -0.05) is 24.3 Å². The average Bonchev–Trinajstić information content (AvgIpc) is 2.76. The average molecular weight is 409 g/mol. The van der Waals surface area contributed by atoms with Crippen LogP contribution in [0.1, 0.15) is 32.0 Å². The Hall–Kier alpha value is -3.61. The summed E-state index contributed by atoms with van der Waals surface area (Å²) in [5, 5.41) is 5.51. The molecule has 154 valence electrons. The minimum atomic E-state index is -0.391. The first-order valence-corrected chi connectivity index (χ1v) is 9.52. The molecule has 3 rings (SSSR count). The smallest absolute Gasteiger partial charge is 0.269 e. The van der Waals surface area contributed by atoms with E-state index < -0.39 is 5.91 Å². The van der Waals surface area contributed by atoms with Crippen LogP contribution in [0.5, 0.6) is 0 Å². The number of benzene rings is 2. The van der Waals surface area contributed by atoms with Gasteiger partial charge in [0.05, 0.1) is 0 Å². The van der Waals surface area contributed by atoms with Crippen LogP contribution in [0.3, 0.4) is 0 Å². The van der Waals surface area contributed by atoms with Crippen LogP contribution in [-0.4, -0.2) is 29.9 Å². The zero-order valence-corrected chi connectivity index (χ0v) is 16.2. The summed E-state index contributed by atoms with van der Waals surface area (Å²) in [5.74, 6) is -1.32. The van der Waals surface area contributed by atoms with E-state index in [1.165, 1.54) is 42.6 Å². The van der Waals surface area contributed by atoms with Gasteiger partial charge >= 0.3 is 0 Å². The number of pyridine rings is 1. The van der Waals surface area contributed by atoms with Gasteiger partial charge in [-0.3, -0.25) is 14.6 Å². The molecule has 0 bridgehead atoms. The summed E-state index contributed by atoms with van der Waals surface area (Å²) in [5.41, 5.74) is 2.28. The third-order valence-electron chi connectivity index (χ3n) is 4.48. The third kappa shape index (κ3) is 6.20. The Morgan fingerprint density at radius 3 is 1.77 bits per heavy atom. The zero-order valence-electron chi connectivity index (χ0n) is 16.2. The molecule has 7 heteroatoms. The summed E-state index contributed by atoms with van der Waals surface area (Å²) in [6.45, 7) is 0.742. The third-order valence-corrected chi connectivity index (χ3v) is 4.48. The Morgan fingerprint density at radius 1 is 0.733 bits per heavy atom. The number of hydrogen-bond acceptors (Lipinski definition) is 3. The molecule has 3 aromatic rings. The Bertz CT molecular complexity index is 927. The van der Waals surface area contributed by atoms with Crippen LogP contribution in [0.25, 0.3) is 0 Å². The fraction of sp³-hybridized carbons (Fsp3) is 0.174. The summed E-state index contributed by atoms with van der Waals surface area (Å²) in [6.07, 6.45) is 2.52. The SMILES string of the molecule is O=C(NCCc1ccc(F)cc1)c1ccnc(C(=O)NCCc2ccc(F)cc2)c1. The molecule has 1 heterocycles. The maximum absolute atomic E-state index is 12.9. The minimum Gasteiger partial charge on any atom is -0.352 e. The molecule has 0 radical (unpaired) electrons. The van der Waals surface area contributed by atoms with Crippen molar-refractivity contribution >= 4 is 11.8 Å². The van der Waals surface area contributed by atoms with Crippen molar-refractivity contribution in [3.63, 3.8) is 0 Å². The summed E-state index contributed by atoms with van der Waals surface area (Å²) in [6, 6.07) is 15.1. The number of carbonyl (C=O) groups excluding carboxylic acids is 2. The van der Waals surface area contributed by atoms with Crippen molar-refractivity contribution < 1.29 is 18.4 Å². The van der Waals surface area contributed by atoms with Gasteiger partial charge in [-0.2, -0.15) is 0 Å². The molecule has 1 aromatic heterocycles. The van der Waals surface area contributed by atoms with Crippen LogP contribution in [0.2, 0.25) is 0 Å². The molecule has 0 atom stereocenters. The molecule has 5 nitrogen and oxygen atoms in total. The molecule has 2 amide bonds. The fourth-order valence-electron chi connectivity index (χ4n) is 2.83. The molecule has 30 heavy (non-hydrogen) atoms. The van der Waals surface area contributed by atoms with Crippen molar-refractivity contribution in [2.24, 2.45) is 0 Å². The first-order valence-electron chi connectivity index (χ1n) is 9.52. The summed E-state index contributed by atoms with van der Waals surface area (Å²) in [7, 11) is 0. The fourth-order valence-corrected chi connectivity index (χ4v) is 2.83. The van der Waals surface area contributed by atoms with Crippen LogP contribution in [0.4, 0.5) is 8.78 Å². The van der Waals surface area contributed by atoms with Gasteiger partial charge in [0.2, 0.25) is 0 Å². The molecule has 0 aliphatic heterocycles. The number of aromatic nitrogens is 1. The molecule has 0 fully saturated rings. The first kappa shape index (κ1) is 21.1. The zero-order chi connectivity index (χ0) is 21.3. The van der Waals surface area contributed by atoms with E-state index in [0.29, 0.717) is 31.5 Å². The topological polar surface area (TPSA) is 71.1 Å². The van der Waals surface area contributed by atoms with Crippen molar-refractivity contribution in [2.45, 2.75) is 12.8 Å². The molecule has 0 aliphatic carbocycles. The Morgan fingerprint density at radius 2 is 1.23 bits per heavy atom. The highest BCUT2D eigenvalue weighted by Gasteiger charge is 2.11. The van der Waals surface area contributed by atoms with Crippen LogP contribution in [0.15, 0.2) is 66.9 Å². The lowest BCUT2D eigenvalue weighted by atomic mass is 10.1. The van der Waals surface area contributed by atoms with Crippen LogP contribution < -0.4 is 10.6 Å². The lowest BCUT2D eigenvalue weighted by Crippen LogP contribution is -2.28. The van der Waals surface area contributed by atoms with Gasteiger partial charge in [0.1, 0.15) is 17.3 Å². The number of carbonyl (C=O) groups is 2. The maximum Gasteiger partial charge on any atom is 0.269 e. The van der Waals surface area contributed by atoms with Crippen LogP contribution >= 0.6 is 0 Å².